The molecule has 11 nitrogen and oxygen atoms in total. The second-order valence-corrected chi connectivity index (χ2v) is 13.5. The van der Waals surface area contributed by atoms with Crippen molar-refractivity contribution in [3.05, 3.63) is 11.6 Å². The molecule has 6 aliphatic rings. The van der Waals surface area contributed by atoms with E-state index in [0.29, 0.717) is 25.7 Å². The molecule has 1 saturated heterocycles. The standard InChI is InChI=1S/C29H42O11/c1-14-22(33)23(34)24(35)25(39-14)40-16-3-6-27(13-30)19-10-20(31)26(2)17(15-9-21(32)38-12-15)5-8-29(26,37)18(19)4-7-28(27,36)11-16/h9,13-14,16-20,22-25,31,33-37H,3-8,10-12H2,1-2H3/t14-,16-,17+,18+,19-,20+,22-,23+,24+,25-,26-,27-,28-,29-/m0/s1. The summed E-state index contributed by atoms with van der Waals surface area (Å²) in [6.45, 7) is 3.61. The molecule has 0 bridgehead atoms. The predicted octanol–water partition coefficient (Wildman–Crippen LogP) is -0.279. The van der Waals surface area contributed by atoms with Crippen LogP contribution in [0.4, 0.5) is 0 Å². The molecule has 0 radical (unpaired) electrons. The summed E-state index contributed by atoms with van der Waals surface area (Å²) in [6, 6.07) is 0. The fourth-order valence-electron chi connectivity index (χ4n) is 9.74. The molecule has 0 aromatic heterocycles. The van der Waals surface area contributed by atoms with E-state index in [9.17, 15) is 40.2 Å². The van der Waals surface area contributed by atoms with Gasteiger partial charge < -0.3 is 49.6 Å². The molecule has 11 heteroatoms. The van der Waals surface area contributed by atoms with E-state index in [4.69, 9.17) is 14.2 Å². The van der Waals surface area contributed by atoms with Crippen LogP contribution in [0.15, 0.2) is 11.6 Å². The molecule has 4 aliphatic carbocycles. The minimum atomic E-state index is -1.47. The van der Waals surface area contributed by atoms with Crippen LogP contribution in [0.5, 0.6) is 0 Å². The number of hydrogen-bond acceptors (Lipinski definition) is 11. The molecule has 2 aliphatic heterocycles. The van der Waals surface area contributed by atoms with Crippen molar-refractivity contribution >= 4 is 12.3 Å². The Morgan fingerprint density at radius 3 is 2.42 bits per heavy atom. The fourth-order valence-corrected chi connectivity index (χ4v) is 9.74. The van der Waals surface area contributed by atoms with Gasteiger partial charge in [0.15, 0.2) is 6.29 Å². The SMILES string of the molecule is C[C@@H]1O[C@@H](O[C@H]2CC[C@]3(C=O)[C@H]4C[C@@H](O)[C@]5(C)[C@@H](C6=CC(=O)OC6)CC[C@]5(O)[C@@H]4CC[C@]3(O)C2)[C@H](O)[C@H](O)[C@H]1O. The van der Waals surface area contributed by atoms with Gasteiger partial charge in [0.1, 0.15) is 31.2 Å². The fraction of sp³-hybridized carbons (Fsp3) is 0.862. The van der Waals surface area contributed by atoms with Gasteiger partial charge in [0.05, 0.1) is 34.9 Å². The first-order chi connectivity index (χ1) is 18.8. The number of cyclic esters (lactones) is 1. The first-order valence-electron chi connectivity index (χ1n) is 14.6. The van der Waals surface area contributed by atoms with Gasteiger partial charge in [-0.3, -0.25) is 0 Å². The van der Waals surface area contributed by atoms with Crippen molar-refractivity contribution in [2.75, 3.05) is 6.61 Å². The number of carbonyl (C=O) groups excluding carboxylic acids is 2. The molecule has 0 aromatic rings. The van der Waals surface area contributed by atoms with Crippen molar-refractivity contribution < 1.29 is 54.4 Å². The number of esters is 1. The number of ether oxygens (including phenoxy) is 3. The Labute approximate surface area is 233 Å². The molecule has 5 fully saturated rings. The lowest BCUT2D eigenvalue weighted by Gasteiger charge is -2.66. The van der Waals surface area contributed by atoms with Crippen LogP contribution in [0.1, 0.15) is 65.2 Å². The van der Waals surface area contributed by atoms with E-state index in [-0.39, 0.29) is 44.1 Å². The van der Waals surface area contributed by atoms with Gasteiger partial charge in [-0.15, -0.1) is 0 Å². The van der Waals surface area contributed by atoms with Gasteiger partial charge in [-0.25, -0.2) is 4.79 Å². The van der Waals surface area contributed by atoms with Crippen molar-refractivity contribution in [3.63, 3.8) is 0 Å². The van der Waals surface area contributed by atoms with Gasteiger partial charge >= 0.3 is 5.97 Å². The molecular weight excluding hydrogens is 524 g/mol. The third-order valence-corrected chi connectivity index (χ3v) is 12.1. The highest BCUT2D eigenvalue weighted by molar-refractivity contribution is 5.85. The monoisotopic (exact) mass is 566 g/mol. The first-order valence-corrected chi connectivity index (χ1v) is 14.6. The maximum absolute atomic E-state index is 13.0. The number of aliphatic hydroxyl groups excluding tert-OH is 4. The average molecular weight is 567 g/mol. The van der Waals surface area contributed by atoms with Gasteiger partial charge in [-0.2, -0.15) is 0 Å². The minimum absolute atomic E-state index is 0.0926. The second-order valence-electron chi connectivity index (χ2n) is 13.5. The van der Waals surface area contributed by atoms with Crippen LogP contribution < -0.4 is 0 Å². The third kappa shape index (κ3) is 3.71. The Morgan fingerprint density at radius 2 is 1.75 bits per heavy atom. The van der Waals surface area contributed by atoms with E-state index in [0.717, 1.165) is 11.9 Å². The summed E-state index contributed by atoms with van der Waals surface area (Å²) in [4.78, 5) is 24.8. The molecule has 0 aromatic carbocycles. The largest absolute Gasteiger partial charge is 0.458 e. The van der Waals surface area contributed by atoms with Gasteiger partial charge in [0.2, 0.25) is 0 Å². The second kappa shape index (κ2) is 9.54. The Morgan fingerprint density at radius 1 is 1.00 bits per heavy atom. The zero-order valence-electron chi connectivity index (χ0n) is 23.0. The zero-order chi connectivity index (χ0) is 28.8. The van der Waals surface area contributed by atoms with E-state index >= 15 is 0 Å². The molecule has 4 saturated carbocycles. The van der Waals surface area contributed by atoms with Gasteiger partial charge in [-0.1, -0.05) is 6.92 Å². The highest BCUT2D eigenvalue weighted by atomic mass is 16.7. The molecule has 2 heterocycles. The van der Waals surface area contributed by atoms with Crippen LogP contribution in [0, 0.1) is 28.6 Å². The summed E-state index contributed by atoms with van der Waals surface area (Å²) >= 11 is 0. The summed E-state index contributed by atoms with van der Waals surface area (Å²) in [5.41, 5.74) is -4.09. The highest BCUT2D eigenvalue weighted by Crippen LogP contribution is 2.70. The van der Waals surface area contributed by atoms with E-state index in [1.807, 2.05) is 6.92 Å². The number of carbonyl (C=O) groups is 2. The van der Waals surface area contributed by atoms with Crippen LogP contribution >= 0.6 is 0 Å². The van der Waals surface area contributed by atoms with Crippen molar-refractivity contribution in [2.24, 2.45) is 28.6 Å². The van der Waals surface area contributed by atoms with E-state index in [2.05, 4.69) is 0 Å². The Kier molecular flexibility index (Phi) is 6.83. The van der Waals surface area contributed by atoms with E-state index < -0.39 is 76.8 Å². The van der Waals surface area contributed by atoms with Crippen molar-refractivity contribution in [2.45, 2.75) is 119 Å². The van der Waals surface area contributed by atoms with Crippen LogP contribution in [-0.2, 0) is 23.8 Å². The molecule has 40 heavy (non-hydrogen) atoms. The Bertz CT molecular complexity index is 1080. The number of hydrogen-bond donors (Lipinski definition) is 6. The normalized spacial score (nSPS) is 56.0. The number of rotatable bonds is 4. The Hall–Kier alpha value is -1.44. The molecule has 0 unspecified atom stereocenters. The minimum Gasteiger partial charge on any atom is -0.458 e. The van der Waals surface area contributed by atoms with E-state index in [1.165, 1.54) is 6.08 Å². The van der Waals surface area contributed by atoms with Crippen LogP contribution in [0.25, 0.3) is 0 Å². The molecule has 6 N–H and O–H groups in total. The van der Waals surface area contributed by atoms with Crippen LogP contribution in [-0.4, -0.2) is 104 Å². The van der Waals surface area contributed by atoms with Gasteiger partial charge in [0.25, 0.3) is 0 Å². The van der Waals surface area contributed by atoms with Crippen molar-refractivity contribution in [1.29, 1.82) is 0 Å². The summed E-state index contributed by atoms with van der Waals surface area (Å²) in [5, 5.41) is 66.7. The molecule has 224 valence electrons. The average Bonchev–Trinajstić information content (AvgIpc) is 3.46. The summed E-state index contributed by atoms with van der Waals surface area (Å²) in [6.07, 6.45) is -2.70. The van der Waals surface area contributed by atoms with Crippen molar-refractivity contribution in [3.8, 4) is 0 Å². The zero-order valence-corrected chi connectivity index (χ0v) is 23.0. The molecule has 14 atom stereocenters. The van der Waals surface area contributed by atoms with Crippen LogP contribution in [0.2, 0.25) is 0 Å². The smallest absolute Gasteiger partial charge is 0.331 e. The molecule has 0 spiro atoms. The topological polar surface area (TPSA) is 183 Å². The van der Waals surface area contributed by atoms with Gasteiger partial charge in [0, 0.05) is 17.9 Å². The predicted molar refractivity (Wildman–Crippen MR) is 136 cm³/mol. The maximum Gasteiger partial charge on any atom is 0.331 e. The number of aliphatic hydroxyl groups is 6. The maximum atomic E-state index is 13.0. The lowest BCUT2D eigenvalue weighted by Crippen LogP contribution is -2.71. The number of fused-ring (bicyclic) bond motifs is 5. The summed E-state index contributed by atoms with van der Waals surface area (Å²) < 4.78 is 16.8. The van der Waals surface area contributed by atoms with Crippen LogP contribution in [0.3, 0.4) is 0 Å². The molecular formula is C29H42O11. The Balaban J connectivity index is 1.25. The lowest BCUT2D eigenvalue weighted by molar-refractivity contribution is -0.319. The third-order valence-electron chi connectivity index (χ3n) is 12.1. The van der Waals surface area contributed by atoms with Crippen molar-refractivity contribution in [1.82, 2.24) is 0 Å². The number of aldehydes is 1. The molecule has 0 amide bonds. The molecule has 6 rings (SSSR count). The first kappa shape index (κ1) is 28.7. The van der Waals surface area contributed by atoms with E-state index in [1.54, 1.807) is 6.92 Å². The summed E-state index contributed by atoms with van der Waals surface area (Å²) in [5.74, 6) is -1.42. The highest BCUT2D eigenvalue weighted by Gasteiger charge is 2.74. The quantitative estimate of drug-likeness (QED) is 0.149. The summed E-state index contributed by atoms with van der Waals surface area (Å²) in [7, 11) is 0. The van der Waals surface area contributed by atoms with Gasteiger partial charge in [-0.05, 0) is 75.2 Å². The lowest BCUT2D eigenvalue weighted by atomic mass is 9.41.